The second-order valence-corrected chi connectivity index (χ2v) is 9.99. The van der Waals surface area contributed by atoms with Crippen molar-refractivity contribution in [2.75, 3.05) is 0 Å². The molecule has 2 aliphatic carbocycles. The maximum atomic E-state index is 2.66. The first-order valence-corrected chi connectivity index (χ1v) is 10.9. The molecule has 0 aliphatic heterocycles. The molecule has 0 bridgehead atoms. The van der Waals surface area contributed by atoms with Gasteiger partial charge < -0.3 is 0 Å². The number of hydrogen-bond donors (Lipinski definition) is 0. The van der Waals surface area contributed by atoms with Crippen molar-refractivity contribution in [1.82, 2.24) is 0 Å². The van der Waals surface area contributed by atoms with Crippen LogP contribution in [0.15, 0.2) is 0 Å². The molecule has 23 heavy (non-hydrogen) atoms. The van der Waals surface area contributed by atoms with Gasteiger partial charge in [0.2, 0.25) is 0 Å². The van der Waals surface area contributed by atoms with E-state index in [0.717, 1.165) is 11.3 Å². The van der Waals surface area contributed by atoms with Gasteiger partial charge in [0, 0.05) is 0 Å². The average Bonchev–Trinajstić information content (AvgIpc) is 2.94. The predicted octanol–water partition coefficient (Wildman–Crippen LogP) is 5.51. The molecule has 132 valence electrons. The van der Waals surface area contributed by atoms with Gasteiger partial charge >= 0.3 is 0 Å². The van der Waals surface area contributed by atoms with Gasteiger partial charge in [-0.25, -0.2) is 0 Å². The van der Waals surface area contributed by atoms with Gasteiger partial charge in [-0.2, -0.15) is 0 Å². The van der Waals surface area contributed by atoms with E-state index >= 15 is 0 Å². The van der Waals surface area contributed by atoms with Crippen LogP contribution in [0.25, 0.3) is 0 Å². The van der Waals surface area contributed by atoms with Crippen LogP contribution in [0.2, 0.25) is 5.21 Å². The van der Waals surface area contributed by atoms with Crippen molar-refractivity contribution < 1.29 is 0 Å². The second kappa shape index (κ2) is 8.01. The molecule has 2 heteroatoms. The van der Waals surface area contributed by atoms with Crippen LogP contribution in [0.5, 0.6) is 0 Å². The summed E-state index contributed by atoms with van der Waals surface area (Å²) >= 11 is 0. The van der Waals surface area contributed by atoms with Crippen LogP contribution >= 0.6 is 0 Å². The van der Waals surface area contributed by atoms with E-state index in [1.165, 1.54) is 64.2 Å². The van der Waals surface area contributed by atoms with E-state index in [-0.39, 0.29) is 0 Å². The lowest BCUT2D eigenvalue weighted by atomic mass is 9.35. The summed E-state index contributed by atoms with van der Waals surface area (Å²) in [6.45, 7) is 7.35. The quantitative estimate of drug-likeness (QED) is 0.368. The van der Waals surface area contributed by atoms with Gasteiger partial charge in [-0.05, 0) is 55.3 Å². The summed E-state index contributed by atoms with van der Waals surface area (Å²) in [7, 11) is 5.29. The summed E-state index contributed by atoms with van der Waals surface area (Å²) in [6, 6.07) is 0. The molecule has 1 atom stereocenters. The maximum Gasteiger partial charge on any atom is 0.100 e. The predicted molar refractivity (Wildman–Crippen MR) is 110 cm³/mol. The third-order valence-corrected chi connectivity index (χ3v) is 8.36. The molecule has 0 radical (unpaired) electrons. The van der Waals surface area contributed by atoms with E-state index in [1.807, 2.05) is 0 Å². The van der Waals surface area contributed by atoms with Crippen LogP contribution in [0, 0.1) is 16.7 Å². The highest BCUT2D eigenvalue weighted by Gasteiger charge is 2.52. The first kappa shape index (κ1) is 19.5. The van der Waals surface area contributed by atoms with Crippen LogP contribution in [0.4, 0.5) is 0 Å². The normalized spacial score (nSPS) is 24.0. The lowest BCUT2D eigenvalue weighted by molar-refractivity contribution is 0.115. The molecular weight excluding hydrogens is 274 g/mol. The molecule has 2 saturated carbocycles. The fourth-order valence-corrected chi connectivity index (χ4v) is 5.75. The van der Waals surface area contributed by atoms with Crippen LogP contribution in [-0.4, -0.2) is 15.7 Å². The Morgan fingerprint density at radius 1 is 0.913 bits per heavy atom. The summed E-state index contributed by atoms with van der Waals surface area (Å²) < 4.78 is 0. The minimum Gasteiger partial charge on any atom is -0.0766 e. The van der Waals surface area contributed by atoms with Gasteiger partial charge in [-0.15, -0.1) is 0 Å². The molecule has 0 aromatic rings. The Hall–Kier alpha value is 0.130. The molecule has 2 rings (SSSR count). The topological polar surface area (TPSA) is 0 Å². The lowest BCUT2D eigenvalue weighted by Gasteiger charge is -2.51. The van der Waals surface area contributed by atoms with Crippen molar-refractivity contribution in [3.63, 3.8) is 0 Å². The molecule has 0 amide bonds. The van der Waals surface area contributed by atoms with Gasteiger partial charge in [0.1, 0.15) is 15.7 Å². The van der Waals surface area contributed by atoms with E-state index < -0.39 is 0 Å². The molecule has 0 saturated heterocycles. The minimum atomic E-state index is 0.521. The zero-order valence-electron chi connectivity index (χ0n) is 17.0. The summed E-state index contributed by atoms with van der Waals surface area (Å²) in [5, 5.41) is 0.521. The van der Waals surface area contributed by atoms with Gasteiger partial charge in [-0.3, -0.25) is 0 Å². The van der Waals surface area contributed by atoms with Crippen molar-refractivity contribution in [3.05, 3.63) is 0 Å². The number of unbranched alkanes of at least 4 members (excludes halogenated alkanes) is 4. The standard InChI is InChI=1S/C21H42B2/c1-4-6-8-12-19(3,13-9-7-5-2)21(22,23)18-11-16-20(17-18)14-10-15-20/h18H,4-17,22-23H2,1-3H3. The molecular formula is C21H42B2. The Bertz CT molecular complexity index is 347. The summed E-state index contributed by atoms with van der Waals surface area (Å²) in [6.07, 6.45) is 20.6. The molecule has 0 heterocycles. The molecule has 2 aliphatic rings. The monoisotopic (exact) mass is 316 g/mol. The van der Waals surface area contributed by atoms with Crippen molar-refractivity contribution in [1.29, 1.82) is 0 Å². The fraction of sp³-hybridized carbons (Fsp3) is 1.00. The second-order valence-electron chi connectivity index (χ2n) is 9.99. The van der Waals surface area contributed by atoms with Gasteiger partial charge in [0.05, 0.1) is 0 Å². The first-order chi connectivity index (χ1) is 10.9. The van der Waals surface area contributed by atoms with Gasteiger partial charge in [-0.1, -0.05) is 77.4 Å². The number of hydrogen-bond acceptors (Lipinski definition) is 0. The highest BCUT2D eigenvalue weighted by atomic mass is 14.5. The smallest absolute Gasteiger partial charge is 0.0766 e. The van der Waals surface area contributed by atoms with Crippen LogP contribution in [0.3, 0.4) is 0 Å². The van der Waals surface area contributed by atoms with Gasteiger partial charge in [0.25, 0.3) is 0 Å². The van der Waals surface area contributed by atoms with E-state index in [9.17, 15) is 0 Å². The lowest BCUT2D eigenvalue weighted by Crippen LogP contribution is -2.41. The summed E-state index contributed by atoms with van der Waals surface area (Å²) in [4.78, 5) is 0. The van der Waals surface area contributed by atoms with E-state index in [0.29, 0.717) is 10.6 Å². The average molecular weight is 316 g/mol. The maximum absolute atomic E-state index is 2.66. The number of rotatable bonds is 10. The molecule has 0 N–H and O–H groups in total. The van der Waals surface area contributed by atoms with E-state index in [4.69, 9.17) is 0 Å². The summed E-state index contributed by atoms with van der Waals surface area (Å²) in [5.41, 5.74) is 1.35. The molecule has 0 aromatic carbocycles. The van der Waals surface area contributed by atoms with Crippen molar-refractivity contribution in [3.8, 4) is 0 Å². The van der Waals surface area contributed by atoms with E-state index in [2.05, 4.69) is 36.5 Å². The molecule has 1 unspecified atom stereocenters. The third-order valence-electron chi connectivity index (χ3n) is 8.36. The first-order valence-electron chi connectivity index (χ1n) is 10.9. The SMILES string of the molecule is BC(B)(C1CCC2(CCC2)C1)C(C)(CCCCC)CCCCC. The molecule has 0 aromatic heterocycles. The van der Waals surface area contributed by atoms with Crippen molar-refractivity contribution >= 4 is 15.7 Å². The minimum absolute atomic E-state index is 0.521. The van der Waals surface area contributed by atoms with Crippen LogP contribution < -0.4 is 0 Å². The zero-order valence-corrected chi connectivity index (χ0v) is 17.0. The Morgan fingerprint density at radius 3 is 1.87 bits per heavy atom. The molecule has 1 spiro atoms. The highest BCUT2D eigenvalue weighted by molar-refractivity contribution is 6.40. The fourth-order valence-electron chi connectivity index (χ4n) is 5.75. The Labute approximate surface area is 148 Å². The Balaban J connectivity index is 2.04. The molecule has 2 fully saturated rings. The third kappa shape index (κ3) is 4.21. The van der Waals surface area contributed by atoms with E-state index in [1.54, 1.807) is 25.7 Å². The molecule has 0 nitrogen and oxygen atoms in total. The summed E-state index contributed by atoms with van der Waals surface area (Å²) in [5.74, 6) is 0.982. The largest absolute Gasteiger partial charge is 0.100 e. The van der Waals surface area contributed by atoms with Crippen molar-refractivity contribution in [2.45, 2.75) is 116 Å². The van der Waals surface area contributed by atoms with Gasteiger partial charge in [0.15, 0.2) is 0 Å². The zero-order chi connectivity index (χ0) is 17.0. The Kier molecular flexibility index (Phi) is 6.77. The highest BCUT2D eigenvalue weighted by Crippen LogP contribution is 2.64. The van der Waals surface area contributed by atoms with Crippen LogP contribution in [0.1, 0.15) is 111 Å². The van der Waals surface area contributed by atoms with Crippen LogP contribution in [-0.2, 0) is 0 Å². The Morgan fingerprint density at radius 2 is 1.48 bits per heavy atom. The van der Waals surface area contributed by atoms with Crippen molar-refractivity contribution in [2.24, 2.45) is 16.7 Å².